The maximum Gasteiger partial charge on any atom is 0.123 e. The Kier molecular flexibility index (Phi) is 7.54. The van der Waals surface area contributed by atoms with E-state index in [1.54, 1.807) is 24.3 Å². The number of aliphatic hydroxyl groups excluding tert-OH is 2. The number of aryl methyl sites for hydroxylation is 2. The average molecular weight is 389 g/mol. The largest absolute Gasteiger partial charge is 0.394 e. The minimum absolute atomic E-state index is 0.218. The SMILES string of the molecule is OC[C@H](O)CN1[C@H](CCc2cccc(F)c2)CC[C@@H]1CCc1cccc(F)c1. The molecular formula is C23H29F2NO2. The molecule has 2 aromatic carbocycles. The standard InChI is InChI=1S/C23H29F2NO2/c24-19-5-1-3-17(13-19)7-9-21-11-12-22(26(21)15-23(28)16-27)10-8-18-4-2-6-20(25)14-18/h1-6,13-14,21-23,27-28H,7-12,15-16H2/t21-,22+,23-/m1/s1. The molecule has 1 saturated heterocycles. The number of hydrogen-bond donors (Lipinski definition) is 2. The van der Waals surface area contributed by atoms with Gasteiger partial charge in [0.25, 0.3) is 0 Å². The molecule has 28 heavy (non-hydrogen) atoms. The van der Waals surface area contributed by atoms with Gasteiger partial charge in [-0.05, 0) is 73.9 Å². The summed E-state index contributed by atoms with van der Waals surface area (Å²) in [6.07, 6.45) is 4.60. The summed E-state index contributed by atoms with van der Waals surface area (Å²) in [4.78, 5) is 2.29. The number of nitrogens with zero attached hydrogens (tertiary/aromatic N) is 1. The highest BCUT2D eigenvalue weighted by Crippen LogP contribution is 2.30. The Hall–Kier alpha value is -1.82. The molecule has 0 radical (unpaired) electrons. The molecule has 1 fully saturated rings. The summed E-state index contributed by atoms with van der Waals surface area (Å²) in [6.45, 7) is 0.169. The molecule has 2 aromatic rings. The fourth-order valence-corrected chi connectivity index (χ4v) is 4.29. The molecule has 0 amide bonds. The van der Waals surface area contributed by atoms with Crippen LogP contribution in [0.25, 0.3) is 0 Å². The normalized spacial score (nSPS) is 21.1. The van der Waals surface area contributed by atoms with Crippen molar-refractivity contribution in [2.24, 2.45) is 0 Å². The second kappa shape index (κ2) is 10.1. The predicted octanol–water partition coefficient (Wildman–Crippen LogP) is 3.72. The molecule has 1 heterocycles. The smallest absolute Gasteiger partial charge is 0.123 e. The van der Waals surface area contributed by atoms with Crippen molar-refractivity contribution in [1.29, 1.82) is 0 Å². The predicted molar refractivity (Wildman–Crippen MR) is 106 cm³/mol. The van der Waals surface area contributed by atoms with E-state index in [0.29, 0.717) is 18.6 Å². The molecular weight excluding hydrogens is 360 g/mol. The molecule has 3 nitrogen and oxygen atoms in total. The summed E-state index contributed by atoms with van der Waals surface area (Å²) in [6, 6.07) is 14.0. The minimum atomic E-state index is -0.772. The Morgan fingerprint density at radius 1 is 0.893 bits per heavy atom. The van der Waals surface area contributed by atoms with E-state index in [0.717, 1.165) is 49.7 Å². The van der Waals surface area contributed by atoms with Crippen molar-refractivity contribution in [1.82, 2.24) is 4.90 Å². The number of β-amino-alcohol motifs (C(OH)–C–C–N with tert-alkyl or cyclic N) is 1. The Morgan fingerprint density at radius 3 is 1.82 bits per heavy atom. The van der Waals surface area contributed by atoms with E-state index in [-0.39, 0.29) is 18.2 Å². The highest BCUT2D eigenvalue weighted by atomic mass is 19.1. The first-order chi connectivity index (χ1) is 13.5. The van der Waals surface area contributed by atoms with Crippen LogP contribution in [0.15, 0.2) is 48.5 Å². The van der Waals surface area contributed by atoms with E-state index >= 15 is 0 Å². The third kappa shape index (κ3) is 5.84. The van der Waals surface area contributed by atoms with Crippen molar-refractivity contribution in [3.8, 4) is 0 Å². The van der Waals surface area contributed by atoms with E-state index < -0.39 is 6.10 Å². The fourth-order valence-electron chi connectivity index (χ4n) is 4.29. The molecule has 0 aliphatic carbocycles. The number of benzene rings is 2. The van der Waals surface area contributed by atoms with Crippen LogP contribution in [0.5, 0.6) is 0 Å². The molecule has 1 aliphatic heterocycles. The van der Waals surface area contributed by atoms with Crippen LogP contribution in [0.2, 0.25) is 0 Å². The number of rotatable bonds is 9. The molecule has 5 heteroatoms. The van der Waals surface area contributed by atoms with E-state index in [9.17, 15) is 19.0 Å². The van der Waals surface area contributed by atoms with Crippen molar-refractivity contribution in [3.05, 3.63) is 71.3 Å². The van der Waals surface area contributed by atoms with E-state index in [1.165, 1.54) is 12.1 Å². The van der Waals surface area contributed by atoms with Gasteiger partial charge in [-0.3, -0.25) is 4.90 Å². The van der Waals surface area contributed by atoms with Gasteiger partial charge in [0.15, 0.2) is 0 Å². The topological polar surface area (TPSA) is 43.7 Å². The quantitative estimate of drug-likeness (QED) is 0.687. The minimum Gasteiger partial charge on any atom is -0.394 e. The van der Waals surface area contributed by atoms with Crippen LogP contribution in [-0.4, -0.2) is 46.5 Å². The maximum absolute atomic E-state index is 13.4. The van der Waals surface area contributed by atoms with Gasteiger partial charge in [0.05, 0.1) is 12.7 Å². The van der Waals surface area contributed by atoms with Crippen LogP contribution in [-0.2, 0) is 12.8 Å². The highest BCUT2D eigenvalue weighted by Gasteiger charge is 2.33. The van der Waals surface area contributed by atoms with Gasteiger partial charge in [-0.25, -0.2) is 8.78 Å². The van der Waals surface area contributed by atoms with Crippen LogP contribution < -0.4 is 0 Å². The lowest BCUT2D eigenvalue weighted by atomic mass is 10.0. The lowest BCUT2D eigenvalue weighted by Crippen LogP contribution is -2.42. The van der Waals surface area contributed by atoms with Gasteiger partial charge in [0.2, 0.25) is 0 Å². The van der Waals surface area contributed by atoms with Gasteiger partial charge in [-0.1, -0.05) is 24.3 Å². The Balaban J connectivity index is 1.61. The monoisotopic (exact) mass is 389 g/mol. The summed E-state index contributed by atoms with van der Waals surface area (Å²) in [7, 11) is 0. The van der Waals surface area contributed by atoms with Crippen molar-refractivity contribution in [3.63, 3.8) is 0 Å². The number of halogens is 2. The summed E-state index contributed by atoms with van der Waals surface area (Å²) in [5.41, 5.74) is 1.96. The van der Waals surface area contributed by atoms with Crippen LogP contribution in [0.4, 0.5) is 8.78 Å². The summed E-state index contributed by atoms with van der Waals surface area (Å²) >= 11 is 0. The Morgan fingerprint density at radius 2 is 1.39 bits per heavy atom. The van der Waals surface area contributed by atoms with E-state index in [4.69, 9.17) is 0 Å². The Labute approximate surface area is 165 Å². The zero-order valence-electron chi connectivity index (χ0n) is 16.1. The number of hydrogen-bond acceptors (Lipinski definition) is 3. The van der Waals surface area contributed by atoms with Crippen LogP contribution in [0.1, 0.15) is 36.8 Å². The van der Waals surface area contributed by atoms with E-state index in [1.807, 2.05) is 12.1 Å². The van der Waals surface area contributed by atoms with Crippen molar-refractivity contribution >= 4 is 0 Å². The maximum atomic E-state index is 13.4. The van der Waals surface area contributed by atoms with Gasteiger partial charge in [-0.2, -0.15) is 0 Å². The lowest BCUT2D eigenvalue weighted by Gasteiger charge is -2.32. The first kappa shape index (κ1) is 20.9. The van der Waals surface area contributed by atoms with Crippen LogP contribution >= 0.6 is 0 Å². The zero-order valence-corrected chi connectivity index (χ0v) is 16.1. The number of aliphatic hydroxyl groups is 2. The second-order valence-corrected chi connectivity index (χ2v) is 7.76. The van der Waals surface area contributed by atoms with Gasteiger partial charge >= 0.3 is 0 Å². The highest BCUT2D eigenvalue weighted by molar-refractivity contribution is 5.17. The van der Waals surface area contributed by atoms with Crippen LogP contribution in [0, 0.1) is 11.6 Å². The molecule has 3 rings (SSSR count). The molecule has 3 atom stereocenters. The van der Waals surface area contributed by atoms with E-state index in [2.05, 4.69) is 4.90 Å². The average Bonchev–Trinajstić information content (AvgIpc) is 3.06. The van der Waals surface area contributed by atoms with Crippen molar-refractivity contribution < 1.29 is 19.0 Å². The van der Waals surface area contributed by atoms with Gasteiger partial charge < -0.3 is 10.2 Å². The molecule has 0 aromatic heterocycles. The van der Waals surface area contributed by atoms with Gasteiger partial charge in [-0.15, -0.1) is 0 Å². The van der Waals surface area contributed by atoms with Gasteiger partial charge in [0.1, 0.15) is 11.6 Å². The number of likely N-dealkylation sites (tertiary alicyclic amines) is 1. The first-order valence-corrected chi connectivity index (χ1v) is 10.1. The van der Waals surface area contributed by atoms with Crippen molar-refractivity contribution in [2.45, 2.75) is 56.7 Å². The molecule has 0 spiro atoms. The molecule has 1 aliphatic rings. The van der Waals surface area contributed by atoms with Crippen LogP contribution in [0.3, 0.4) is 0 Å². The third-order valence-electron chi connectivity index (χ3n) is 5.71. The molecule has 0 unspecified atom stereocenters. The van der Waals surface area contributed by atoms with Crippen molar-refractivity contribution in [2.75, 3.05) is 13.2 Å². The summed E-state index contributed by atoms with van der Waals surface area (Å²) in [5, 5.41) is 19.3. The fraction of sp³-hybridized carbons (Fsp3) is 0.478. The third-order valence-corrected chi connectivity index (χ3v) is 5.71. The first-order valence-electron chi connectivity index (χ1n) is 10.1. The molecule has 0 bridgehead atoms. The Bertz CT molecular complexity index is 697. The zero-order chi connectivity index (χ0) is 19.9. The second-order valence-electron chi connectivity index (χ2n) is 7.76. The summed E-state index contributed by atoms with van der Waals surface area (Å²) in [5.74, 6) is -0.436. The molecule has 152 valence electrons. The molecule has 0 saturated carbocycles. The molecule has 2 N–H and O–H groups in total. The van der Waals surface area contributed by atoms with Gasteiger partial charge in [0, 0.05) is 18.6 Å². The summed E-state index contributed by atoms with van der Waals surface area (Å²) < 4.78 is 26.8. The lowest BCUT2D eigenvalue weighted by molar-refractivity contribution is 0.0393.